The lowest BCUT2D eigenvalue weighted by molar-refractivity contribution is -0.393. The van der Waals surface area contributed by atoms with Crippen LogP contribution in [0.5, 0.6) is 5.75 Å². The van der Waals surface area contributed by atoms with Crippen molar-refractivity contribution in [1.82, 2.24) is 0 Å². The van der Waals surface area contributed by atoms with Crippen LogP contribution < -0.4 is 10.2 Å². The fourth-order valence-corrected chi connectivity index (χ4v) is 3.25. The van der Waals surface area contributed by atoms with Gasteiger partial charge in [-0.15, -0.1) is 0 Å². The van der Waals surface area contributed by atoms with Crippen LogP contribution in [-0.2, 0) is 0 Å². The summed E-state index contributed by atoms with van der Waals surface area (Å²) in [7, 11) is 0. The van der Waals surface area contributed by atoms with Gasteiger partial charge in [0.2, 0.25) is 0 Å². The number of nitrogens with one attached hydrogen (secondary N) is 1. The molecule has 0 aromatic heterocycles. The molecule has 0 unspecified atom stereocenters. The van der Waals surface area contributed by atoms with E-state index in [1.807, 2.05) is 54.6 Å². The molecule has 0 amide bonds. The predicted molar refractivity (Wildman–Crippen MR) is 111 cm³/mol. The molecule has 150 valence electrons. The van der Waals surface area contributed by atoms with E-state index < -0.39 is 15.5 Å². The SMILES string of the molecule is O=[N+]([O-])c1ccc(N/N=C2/C[C@@H](c3ccccc3)Oc3ccccc32)c([N+](=O)[O-])c1. The molecular formula is C21H16N4O5. The largest absolute Gasteiger partial charge is 0.485 e. The number of hydrazone groups is 1. The highest BCUT2D eigenvalue weighted by Gasteiger charge is 2.26. The Morgan fingerprint density at radius 3 is 2.40 bits per heavy atom. The molecule has 0 spiro atoms. The molecule has 0 fully saturated rings. The summed E-state index contributed by atoms with van der Waals surface area (Å²) >= 11 is 0. The predicted octanol–water partition coefficient (Wildman–Crippen LogP) is 4.84. The minimum Gasteiger partial charge on any atom is -0.485 e. The summed E-state index contributed by atoms with van der Waals surface area (Å²) in [6, 6.07) is 20.5. The van der Waals surface area contributed by atoms with E-state index in [4.69, 9.17) is 4.74 Å². The minimum atomic E-state index is -0.680. The molecule has 30 heavy (non-hydrogen) atoms. The summed E-state index contributed by atoms with van der Waals surface area (Å²) in [5.74, 6) is 0.663. The number of anilines is 1. The van der Waals surface area contributed by atoms with Gasteiger partial charge in [-0.05, 0) is 23.8 Å². The molecule has 4 rings (SSSR count). The normalized spacial score (nSPS) is 16.4. The second-order valence-electron chi connectivity index (χ2n) is 6.60. The maximum Gasteiger partial charge on any atom is 0.301 e. The summed E-state index contributed by atoms with van der Waals surface area (Å²) < 4.78 is 6.11. The van der Waals surface area contributed by atoms with Crippen molar-refractivity contribution in [2.24, 2.45) is 5.10 Å². The quantitative estimate of drug-likeness (QED) is 0.480. The van der Waals surface area contributed by atoms with Gasteiger partial charge in [0, 0.05) is 18.1 Å². The third kappa shape index (κ3) is 3.81. The lowest BCUT2D eigenvalue weighted by Gasteiger charge is -2.27. The first-order valence-electron chi connectivity index (χ1n) is 9.09. The van der Waals surface area contributed by atoms with Crippen LogP contribution in [0.4, 0.5) is 17.1 Å². The number of benzene rings is 3. The van der Waals surface area contributed by atoms with E-state index >= 15 is 0 Å². The van der Waals surface area contributed by atoms with Gasteiger partial charge in [-0.1, -0.05) is 42.5 Å². The van der Waals surface area contributed by atoms with Crippen LogP contribution in [0.2, 0.25) is 0 Å². The molecule has 3 aromatic rings. The summed E-state index contributed by atoms with van der Waals surface area (Å²) in [5.41, 5.74) is 4.43. The number of ether oxygens (including phenoxy) is 1. The van der Waals surface area contributed by atoms with Gasteiger partial charge >= 0.3 is 5.69 Å². The fourth-order valence-electron chi connectivity index (χ4n) is 3.25. The van der Waals surface area contributed by atoms with Crippen LogP contribution >= 0.6 is 0 Å². The average molecular weight is 404 g/mol. The molecule has 1 heterocycles. The molecule has 9 nitrogen and oxygen atoms in total. The Morgan fingerprint density at radius 2 is 1.67 bits per heavy atom. The number of nitro benzene ring substituents is 2. The lowest BCUT2D eigenvalue weighted by Crippen LogP contribution is -2.21. The Balaban J connectivity index is 1.69. The van der Waals surface area contributed by atoms with Crippen LogP contribution in [0, 0.1) is 20.2 Å². The van der Waals surface area contributed by atoms with E-state index in [-0.39, 0.29) is 17.5 Å². The van der Waals surface area contributed by atoms with Gasteiger partial charge in [0.25, 0.3) is 5.69 Å². The highest BCUT2D eigenvalue weighted by Crippen LogP contribution is 2.35. The molecule has 0 aliphatic carbocycles. The van der Waals surface area contributed by atoms with Crippen molar-refractivity contribution >= 4 is 22.8 Å². The molecule has 3 aromatic carbocycles. The van der Waals surface area contributed by atoms with Crippen LogP contribution in [0.3, 0.4) is 0 Å². The standard InChI is InChI=1S/C21H16N4O5/c26-24(27)15-10-11-17(19(12-15)25(28)29)22-23-18-13-21(14-6-2-1-3-7-14)30-20-9-5-4-8-16(18)20/h1-12,21-22H,13H2/b23-18-/t21-/m0/s1. The Hall–Kier alpha value is -4.27. The molecule has 0 radical (unpaired) electrons. The Labute approximate surface area is 170 Å². The van der Waals surface area contributed by atoms with Crippen molar-refractivity contribution in [2.75, 3.05) is 5.43 Å². The van der Waals surface area contributed by atoms with Gasteiger partial charge in [-0.2, -0.15) is 5.10 Å². The van der Waals surface area contributed by atoms with E-state index in [1.165, 1.54) is 12.1 Å². The Bertz CT molecular complexity index is 1150. The summed E-state index contributed by atoms with van der Waals surface area (Å²) in [6.07, 6.45) is 0.197. The van der Waals surface area contributed by atoms with Crippen molar-refractivity contribution in [3.05, 3.63) is 104 Å². The van der Waals surface area contributed by atoms with E-state index in [9.17, 15) is 20.2 Å². The van der Waals surface area contributed by atoms with Crippen molar-refractivity contribution in [1.29, 1.82) is 0 Å². The number of rotatable bonds is 5. The number of fused-ring (bicyclic) bond motifs is 1. The summed E-state index contributed by atoms with van der Waals surface area (Å²) in [4.78, 5) is 20.9. The third-order valence-electron chi connectivity index (χ3n) is 4.72. The van der Waals surface area contributed by atoms with Gasteiger partial charge in [0.1, 0.15) is 17.5 Å². The molecule has 1 aliphatic heterocycles. The van der Waals surface area contributed by atoms with Crippen LogP contribution in [0.1, 0.15) is 23.7 Å². The average Bonchev–Trinajstić information content (AvgIpc) is 2.77. The van der Waals surface area contributed by atoms with E-state index in [1.54, 1.807) is 0 Å². The molecule has 0 bridgehead atoms. The molecule has 1 aliphatic rings. The first-order chi connectivity index (χ1) is 14.5. The van der Waals surface area contributed by atoms with Gasteiger partial charge < -0.3 is 4.74 Å². The van der Waals surface area contributed by atoms with Gasteiger partial charge in [0.15, 0.2) is 0 Å². The van der Waals surface area contributed by atoms with Gasteiger partial charge in [-0.3, -0.25) is 25.7 Å². The van der Waals surface area contributed by atoms with E-state index in [0.29, 0.717) is 17.9 Å². The monoisotopic (exact) mass is 404 g/mol. The Kier molecular flexibility index (Phi) is 5.08. The number of nitrogens with zero attached hydrogens (tertiary/aromatic N) is 3. The second kappa shape index (κ2) is 8.00. The Morgan fingerprint density at radius 1 is 0.933 bits per heavy atom. The molecule has 9 heteroatoms. The van der Waals surface area contributed by atoms with Crippen LogP contribution in [0.15, 0.2) is 77.9 Å². The molecule has 1 atom stereocenters. The number of hydrogen-bond acceptors (Lipinski definition) is 7. The van der Waals surface area contributed by atoms with Gasteiger partial charge in [0.05, 0.1) is 21.6 Å². The fraction of sp³-hybridized carbons (Fsp3) is 0.0952. The van der Waals surface area contributed by atoms with E-state index in [2.05, 4.69) is 10.5 Å². The highest BCUT2D eigenvalue weighted by molar-refractivity contribution is 6.04. The zero-order chi connectivity index (χ0) is 21.1. The van der Waals surface area contributed by atoms with Crippen molar-refractivity contribution in [2.45, 2.75) is 12.5 Å². The second-order valence-corrected chi connectivity index (χ2v) is 6.60. The molecule has 1 N–H and O–H groups in total. The number of para-hydroxylation sites is 1. The zero-order valence-electron chi connectivity index (χ0n) is 15.6. The number of nitro groups is 2. The first kappa shape index (κ1) is 19.1. The van der Waals surface area contributed by atoms with Crippen molar-refractivity contribution in [3.8, 4) is 5.75 Å². The lowest BCUT2D eigenvalue weighted by atomic mass is 9.96. The number of hydrogen-bond donors (Lipinski definition) is 1. The van der Waals surface area contributed by atoms with Gasteiger partial charge in [-0.25, -0.2) is 0 Å². The first-order valence-corrected chi connectivity index (χ1v) is 9.09. The van der Waals surface area contributed by atoms with Crippen molar-refractivity contribution < 1.29 is 14.6 Å². The zero-order valence-corrected chi connectivity index (χ0v) is 15.6. The van der Waals surface area contributed by atoms with Crippen molar-refractivity contribution in [3.63, 3.8) is 0 Å². The highest BCUT2D eigenvalue weighted by atomic mass is 16.6. The smallest absolute Gasteiger partial charge is 0.301 e. The molecule has 0 saturated carbocycles. The minimum absolute atomic E-state index is 0.0679. The molecular weight excluding hydrogens is 388 g/mol. The van der Waals surface area contributed by atoms with E-state index in [0.717, 1.165) is 17.2 Å². The summed E-state index contributed by atoms with van der Waals surface area (Å²) in [5, 5.41) is 26.7. The van der Waals surface area contributed by atoms with Crippen LogP contribution in [-0.4, -0.2) is 15.6 Å². The topological polar surface area (TPSA) is 120 Å². The maximum atomic E-state index is 11.4. The third-order valence-corrected chi connectivity index (χ3v) is 4.72. The molecule has 0 saturated heterocycles. The summed E-state index contributed by atoms with van der Waals surface area (Å²) in [6.45, 7) is 0. The van der Waals surface area contributed by atoms with Crippen LogP contribution in [0.25, 0.3) is 0 Å². The maximum absolute atomic E-state index is 11.4. The number of non-ortho nitro benzene ring substituents is 1.